The number of aliphatic hydroxyl groups excluding tert-OH is 1. The molecule has 0 radical (unpaired) electrons. The Balaban J connectivity index is 2.13. The SMILES string of the molecule is COCC(C)C(O)C1(C#N)CC2CCC1C2. The fraction of sp³-hybridized carbons (Fsp3) is 0.923. The summed E-state index contributed by atoms with van der Waals surface area (Å²) in [4.78, 5) is 0. The molecule has 0 saturated heterocycles. The third kappa shape index (κ3) is 1.65. The molecule has 0 amide bonds. The van der Waals surface area contributed by atoms with E-state index in [4.69, 9.17) is 4.74 Å². The Bertz CT molecular complexity index is 299. The smallest absolute Gasteiger partial charge is 0.0866 e. The molecule has 0 aliphatic heterocycles. The summed E-state index contributed by atoms with van der Waals surface area (Å²) in [5.41, 5.74) is -0.485. The van der Waals surface area contributed by atoms with Crippen LogP contribution in [-0.2, 0) is 4.74 Å². The molecule has 5 atom stereocenters. The summed E-state index contributed by atoms with van der Waals surface area (Å²) >= 11 is 0. The third-order valence-corrected chi connectivity index (χ3v) is 4.60. The summed E-state index contributed by atoms with van der Waals surface area (Å²) in [6.45, 7) is 2.50. The maximum atomic E-state index is 10.4. The Labute approximate surface area is 97.4 Å². The first-order chi connectivity index (χ1) is 7.64. The molecule has 2 bridgehead atoms. The van der Waals surface area contributed by atoms with Gasteiger partial charge in [-0.15, -0.1) is 0 Å². The first-order valence-electron chi connectivity index (χ1n) is 6.22. The van der Waals surface area contributed by atoms with E-state index in [2.05, 4.69) is 6.07 Å². The fourth-order valence-corrected chi connectivity index (χ4v) is 3.80. The fourth-order valence-electron chi connectivity index (χ4n) is 3.80. The lowest BCUT2D eigenvalue weighted by Crippen LogP contribution is -2.43. The van der Waals surface area contributed by atoms with E-state index in [1.165, 1.54) is 6.42 Å². The first-order valence-corrected chi connectivity index (χ1v) is 6.22. The van der Waals surface area contributed by atoms with Crippen molar-refractivity contribution in [2.75, 3.05) is 13.7 Å². The van der Waals surface area contributed by atoms with Crippen molar-refractivity contribution < 1.29 is 9.84 Å². The van der Waals surface area contributed by atoms with Crippen LogP contribution in [0.5, 0.6) is 0 Å². The lowest BCUT2D eigenvalue weighted by molar-refractivity contribution is -0.0345. The molecule has 90 valence electrons. The maximum Gasteiger partial charge on any atom is 0.0866 e. The molecule has 0 heterocycles. The molecule has 3 nitrogen and oxygen atoms in total. The quantitative estimate of drug-likeness (QED) is 0.792. The van der Waals surface area contributed by atoms with Gasteiger partial charge < -0.3 is 9.84 Å². The van der Waals surface area contributed by atoms with Crippen LogP contribution in [0.1, 0.15) is 32.6 Å². The Morgan fingerprint density at radius 2 is 2.31 bits per heavy atom. The average Bonchev–Trinajstić information content (AvgIpc) is 2.88. The van der Waals surface area contributed by atoms with Crippen LogP contribution in [0.2, 0.25) is 0 Å². The van der Waals surface area contributed by atoms with Gasteiger partial charge in [-0.2, -0.15) is 5.26 Å². The van der Waals surface area contributed by atoms with Gasteiger partial charge >= 0.3 is 0 Å². The predicted octanol–water partition coefficient (Wildman–Crippen LogP) is 1.96. The molecule has 0 aromatic carbocycles. The minimum absolute atomic E-state index is 0.0454. The van der Waals surface area contributed by atoms with E-state index in [-0.39, 0.29) is 5.92 Å². The lowest BCUT2D eigenvalue weighted by atomic mass is 9.67. The van der Waals surface area contributed by atoms with Crippen LogP contribution in [0.4, 0.5) is 0 Å². The summed E-state index contributed by atoms with van der Waals surface area (Å²) in [6, 6.07) is 2.44. The minimum Gasteiger partial charge on any atom is -0.391 e. The second-order valence-electron chi connectivity index (χ2n) is 5.61. The lowest BCUT2D eigenvalue weighted by Gasteiger charge is -2.38. The van der Waals surface area contributed by atoms with Gasteiger partial charge in [0.05, 0.1) is 24.2 Å². The Morgan fingerprint density at radius 1 is 1.56 bits per heavy atom. The molecule has 2 saturated carbocycles. The second-order valence-corrected chi connectivity index (χ2v) is 5.61. The van der Waals surface area contributed by atoms with Gasteiger partial charge in [0.25, 0.3) is 0 Å². The third-order valence-electron chi connectivity index (χ3n) is 4.60. The van der Waals surface area contributed by atoms with Crippen LogP contribution >= 0.6 is 0 Å². The molecule has 16 heavy (non-hydrogen) atoms. The molecule has 2 aliphatic rings. The van der Waals surface area contributed by atoms with E-state index in [0.717, 1.165) is 19.3 Å². The summed E-state index contributed by atoms with van der Waals surface area (Å²) in [7, 11) is 1.64. The summed E-state index contributed by atoms with van der Waals surface area (Å²) in [5, 5.41) is 19.9. The van der Waals surface area contributed by atoms with Crippen LogP contribution < -0.4 is 0 Å². The van der Waals surface area contributed by atoms with Crippen LogP contribution in [0, 0.1) is 34.5 Å². The molecule has 0 spiro atoms. The van der Waals surface area contributed by atoms with E-state index in [1.54, 1.807) is 7.11 Å². The van der Waals surface area contributed by atoms with E-state index in [1.807, 2.05) is 6.92 Å². The molecule has 3 heteroatoms. The van der Waals surface area contributed by atoms with Crippen molar-refractivity contribution >= 4 is 0 Å². The molecule has 5 unspecified atom stereocenters. The number of fused-ring (bicyclic) bond motifs is 2. The highest BCUT2D eigenvalue weighted by atomic mass is 16.5. The largest absolute Gasteiger partial charge is 0.391 e. The van der Waals surface area contributed by atoms with Gasteiger partial charge in [-0.25, -0.2) is 0 Å². The number of nitriles is 1. The van der Waals surface area contributed by atoms with Crippen molar-refractivity contribution in [3.05, 3.63) is 0 Å². The zero-order chi connectivity index (χ0) is 11.8. The maximum absolute atomic E-state index is 10.4. The van der Waals surface area contributed by atoms with Gasteiger partial charge in [0.2, 0.25) is 0 Å². The molecular weight excluding hydrogens is 202 g/mol. The van der Waals surface area contributed by atoms with Crippen LogP contribution in [-0.4, -0.2) is 24.9 Å². The molecule has 1 N–H and O–H groups in total. The van der Waals surface area contributed by atoms with Crippen LogP contribution in [0.25, 0.3) is 0 Å². The zero-order valence-corrected chi connectivity index (χ0v) is 10.1. The van der Waals surface area contributed by atoms with Crippen molar-refractivity contribution in [3.63, 3.8) is 0 Å². The van der Waals surface area contributed by atoms with Crippen molar-refractivity contribution in [1.29, 1.82) is 5.26 Å². The minimum atomic E-state index is -0.534. The number of hydrogen-bond donors (Lipinski definition) is 1. The molecule has 0 aromatic heterocycles. The van der Waals surface area contributed by atoms with Gasteiger partial charge in [0.15, 0.2) is 0 Å². The highest BCUT2D eigenvalue weighted by molar-refractivity contribution is 5.15. The average molecular weight is 223 g/mol. The second kappa shape index (κ2) is 4.35. The number of aliphatic hydroxyl groups is 1. The highest BCUT2D eigenvalue weighted by Gasteiger charge is 2.56. The van der Waals surface area contributed by atoms with Crippen LogP contribution in [0.3, 0.4) is 0 Å². The van der Waals surface area contributed by atoms with E-state index in [0.29, 0.717) is 18.4 Å². The number of methoxy groups -OCH3 is 1. The standard InChI is InChI=1S/C13H21NO2/c1-9(7-16-2)12(15)13(8-14)6-10-3-4-11(13)5-10/h9-12,15H,3-7H2,1-2H3. The predicted molar refractivity (Wildman–Crippen MR) is 60.5 cm³/mol. The topological polar surface area (TPSA) is 53.2 Å². The Kier molecular flexibility index (Phi) is 3.23. The number of ether oxygens (including phenoxy) is 1. The Morgan fingerprint density at radius 3 is 2.75 bits per heavy atom. The van der Waals surface area contributed by atoms with Gasteiger partial charge in [-0.1, -0.05) is 13.3 Å². The van der Waals surface area contributed by atoms with Crippen molar-refractivity contribution in [3.8, 4) is 6.07 Å². The van der Waals surface area contributed by atoms with Gasteiger partial charge in [0.1, 0.15) is 0 Å². The molecular formula is C13H21NO2. The highest BCUT2D eigenvalue weighted by Crippen LogP contribution is 2.58. The summed E-state index contributed by atoms with van der Waals surface area (Å²) in [5.74, 6) is 1.13. The molecule has 2 aliphatic carbocycles. The number of rotatable bonds is 4. The first kappa shape index (κ1) is 11.9. The van der Waals surface area contributed by atoms with Crippen LogP contribution in [0.15, 0.2) is 0 Å². The number of nitrogens with zero attached hydrogens (tertiary/aromatic N) is 1. The molecule has 2 rings (SSSR count). The van der Waals surface area contributed by atoms with Gasteiger partial charge in [0, 0.05) is 13.0 Å². The normalized spacial score (nSPS) is 40.6. The van der Waals surface area contributed by atoms with Crippen molar-refractivity contribution in [2.45, 2.75) is 38.7 Å². The monoisotopic (exact) mass is 223 g/mol. The zero-order valence-electron chi connectivity index (χ0n) is 10.1. The molecule has 0 aromatic rings. The summed E-state index contributed by atoms with van der Waals surface area (Å²) < 4.78 is 5.08. The van der Waals surface area contributed by atoms with Crippen molar-refractivity contribution in [2.24, 2.45) is 23.2 Å². The molecule has 2 fully saturated rings. The Hall–Kier alpha value is -0.590. The van der Waals surface area contributed by atoms with E-state index >= 15 is 0 Å². The van der Waals surface area contributed by atoms with Crippen molar-refractivity contribution in [1.82, 2.24) is 0 Å². The number of hydrogen-bond acceptors (Lipinski definition) is 3. The summed E-state index contributed by atoms with van der Waals surface area (Å²) in [6.07, 6.45) is 3.87. The van der Waals surface area contributed by atoms with E-state index in [9.17, 15) is 10.4 Å². The van der Waals surface area contributed by atoms with Gasteiger partial charge in [-0.3, -0.25) is 0 Å². The van der Waals surface area contributed by atoms with E-state index < -0.39 is 11.5 Å². The van der Waals surface area contributed by atoms with Gasteiger partial charge in [-0.05, 0) is 31.1 Å².